The molecule has 2 aliphatic rings. The topological polar surface area (TPSA) is 57.5 Å². The number of anilines is 1. The molecule has 1 saturated carbocycles. The third-order valence-electron chi connectivity index (χ3n) is 4.73. The Kier molecular flexibility index (Phi) is 3.77. The van der Waals surface area contributed by atoms with E-state index in [2.05, 4.69) is 5.32 Å². The molecule has 2 aromatic rings. The fourth-order valence-electron chi connectivity index (χ4n) is 3.31. The molecule has 0 amide bonds. The second kappa shape index (κ2) is 5.82. The molecule has 1 aromatic carbocycles. The van der Waals surface area contributed by atoms with Gasteiger partial charge >= 0.3 is 5.97 Å². The highest BCUT2D eigenvalue weighted by Crippen LogP contribution is 2.39. The molecule has 1 aliphatic heterocycles. The average Bonchev–Trinajstić information content (AvgIpc) is 3.40. The minimum absolute atomic E-state index is 0.0683. The first-order valence-corrected chi connectivity index (χ1v) is 8.54. The average molecular weight is 347 g/mol. The van der Waals surface area contributed by atoms with Crippen LogP contribution in [-0.4, -0.2) is 41.8 Å². The lowest BCUT2D eigenvalue weighted by molar-refractivity contribution is 0.0695. The number of carboxylic acids is 1. The van der Waals surface area contributed by atoms with E-state index < -0.39 is 5.97 Å². The molecule has 0 unspecified atom stereocenters. The van der Waals surface area contributed by atoms with E-state index in [4.69, 9.17) is 12.2 Å². The van der Waals surface area contributed by atoms with E-state index in [0.29, 0.717) is 11.1 Å². The number of pyridine rings is 1. The van der Waals surface area contributed by atoms with Crippen LogP contribution in [0.25, 0.3) is 10.9 Å². The normalized spacial score (nSPS) is 18.1. The Hall–Kier alpha value is -1.99. The Balaban J connectivity index is 1.95. The molecule has 2 heterocycles. The lowest BCUT2D eigenvalue weighted by atomic mass is 10.1. The maximum absolute atomic E-state index is 14.7. The first-order chi connectivity index (χ1) is 11.6. The molecule has 2 fully saturated rings. The van der Waals surface area contributed by atoms with Gasteiger partial charge in [-0.3, -0.25) is 0 Å². The van der Waals surface area contributed by atoms with Crippen LogP contribution in [0.15, 0.2) is 18.3 Å². The number of halogens is 1. The standard InChI is InChI=1S/C17H18FN3O2S/c18-13-7-11-14(8-15(13)20-5-3-19-4-6-20)21(10-1-2-10)9-12(16(11)24)17(22)23/h7-10,19H,1-6H2,(H,22,23). The van der Waals surface area contributed by atoms with E-state index in [1.807, 2.05) is 15.5 Å². The minimum Gasteiger partial charge on any atom is -0.478 e. The van der Waals surface area contributed by atoms with Gasteiger partial charge in [-0.15, -0.1) is 0 Å². The Labute approximate surface area is 143 Å². The number of carbonyl (C=O) groups is 1. The van der Waals surface area contributed by atoms with E-state index in [9.17, 15) is 14.3 Å². The van der Waals surface area contributed by atoms with E-state index in [-0.39, 0.29) is 21.9 Å². The predicted molar refractivity (Wildman–Crippen MR) is 93.0 cm³/mol. The second-order valence-corrected chi connectivity index (χ2v) is 6.78. The first-order valence-electron chi connectivity index (χ1n) is 8.13. The fraction of sp³-hybridized carbons (Fsp3) is 0.412. The van der Waals surface area contributed by atoms with Crippen LogP contribution in [0.4, 0.5) is 10.1 Å². The van der Waals surface area contributed by atoms with E-state index >= 15 is 0 Å². The SMILES string of the molecule is O=C(O)c1cn(C2CC2)c2cc(N3CCNCC3)c(F)cc2c1=S. The number of piperazine rings is 1. The van der Waals surface area contributed by atoms with Gasteiger partial charge in [0, 0.05) is 43.8 Å². The van der Waals surface area contributed by atoms with Crippen LogP contribution in [0.5, 0.6) is 0 Å². The summed E-state index contributed by atoms with van der Waals surface area (Å²) in [5.74, 6) is -1.41. The van der Waals surface area contributed by atoms with Gasteiger partial charge in [-0.2, -0.15) is 0 Å². The van der Waals surface area contributed by atoms with Gasteiger partial charge in [0.05, 0.1) is 21.3 Å². The number of hydrogen-bond donors (Lipinski definition) is 2. The Bertz CT molecular complexity index is 886. The van der Waals surface area contributed by atoms with Gasteiger partial charge in [-0.1, -0.05) is 12.2 Å². The van der Waals surface area contributed by atoms with Crippen LogP contribution in [-0.2, 0) is 0 Å². The predicted octanol–water partition coefficient (Wildman–Crippen LogP) is 2.95. The van der Waals surface area contributed by atoms with Gasteiger partial charge < -0.3 is 19.9 Å². The number of rotatable bonds is 3. The molecule has 0 bridgehead atoms. The summed E-state index contributed by atoms with van der Waals surface area (Å²) >= 11 is 5.31. The Morgan fingerprint density at radius 2 is 2.00 bits per heavy atom. The maximum Gasteiger partial charge on any atom is 0.338 e. The van der Waals surface area contributed by atoms with Crippen molar-refractivity contribution in [2.45, 2.75) is 18.9 Å². The van der Waals surface area contributed by atoms with Gasteiger partial charge in [-0.25, -0.2) is 9.18 Å². The zero-order valence-corrected chi connectivity index (χ0v) is 13.9. The highest BCUT2D eigenvalue weighted by atomic mass is 32.1. The molecular weight excluding hydrogens is 329 g/mol. The maximum atomic E-state index is 14.7. The molecular formula is C17H18FN3O2S. The number of benzene rings is 1. The van der Waals surface area contributed by atoms with E-state index in [1.165, 1.54) is 6.07 Å². The molecule has 0 radical (unpaired) electrons. The number of fused-ring (bicyclic) bond motifs is 1. The molecule has 1 aromatic heterocycles. The van der Waals surface area contributed by atoms with Crippen molar-refractivity contribution in [2.24, 2.45) is 0 Å². The lowest BCUT2D eigenvalue weighted by Crippen LogP contribution is -2.43. The highest BCUT2D eigenvalue weighted by Gasteiger charge is 2.27. The van der Waals surface area contributed by atoms with Gasteiger partial charge in [-0.05, 0) is 25.0 Å². The number of aromatic carboxylic acids is 1. The van der Waals surface area contributed by atoms with Gasteiger partial charge in [0.1, 0.15) is 5.82 Å². The van der Waals surface area contributed by atoms with Gasteiger partial charge in [0.2, 0.25) is 0 Å². The molecule has 2 N–H and O–H groups in total. The molecule has 126 valence electrons. The van der Waals surface area contributed by atoms with Crippen molar-refractivity contribution >= 4 is 34.8 Å². The Morgan fingerprint density at radius 3 is 2.62 bits per heavy atom. The minimum atomic E-state index is -1.07. The van der Waals surface area contributed by atoms with Crippen molar-refractivity contribution in [3.63, 3.8) is 0 Å². The summed E-state index contributed by atoms with van der Waals surface area (Å²) in [7, 11) is 0. The largest absolute Gasteiger partial charge is 0.478 e. The molecule has 1 saturated heterocycles. The van der Waals surface area contributed by atoms with Crippen molar-refractivity contribution in [3.05, 3.63) is 34.2 Å². The molecule has 4 rings (SSSR count). The molecule has 0 spiro atoms. The van der Waals surface area contributed by atoms with Crippen LogP contribution in [0.1, 0.15) is 29.2 Å². The van der Waals surface area contributed by atoms with Crippen LogP contribution in [0.2, 0.25) is 0 Å². The third kappa shape index (κ3) is 2.57. The summed E-state index contributed by atoms with van der Waals surface area (Å²) in [6.45, 7) is 3.15. The van der Waals surface area contributed by atoms with Crippen molar-refractivity contribution in [2.75, 3.05) is 31.1 Å². The van der Waals surface area contributed by atoms with E-state index in [0.717, 1.165) is 44.5 Å². The van der Waals surface area contributed by atoms with Gasteiger partial charge in [0.15, 0.2) is 0 Å². The summed E-state index contributed by atoms with van der Waals surface area (Å²) in [4.78, 5) is 13.5. The van der Waals surface area contributed by atoms with E-state index in [1.54, 1.807) is 6.20 Å². The molecule has 1 aliphatic carbocycles. The Morgan fingerprint density at radius 1 is 1.29 bits per heavy atom. The monoisotopic (exact) mass is 347 g/mol. The first kappa shape index (κ1) is 15.5. The molecule has 7 heteroatoms. The lowest BCUT2D eigenvalue weighted by Gasteiger charge is -2.30. The highest BCUT2D eigenvalue weighted by molar-refractivity contribution is 7.71. The summed E-state index contributed by atoms with van der Waals surface area (Å²) < 4.78 is 16.9. The quantitative estimate of drug-likeness (QED) is 0.836. The summed E-state index contributed by atoms with van der Waals surface area (Å²) in [6, 6.07) is 3.51. The number of hydrogen-bond acceptors (Lipinski definition) is 4. The van der Waals surface area contributed by atoms with Crippen molar-refractivity contribution < 1.29 is 14.3 Å². The summed E-state index contributed by atoms with van der Waals surface area (Å²) in [6.07, 6.45) is 3.63. The summed E-state index contributed by atoms with van der Waals surface area (Å²) in [5, 5.41) is 13.2. The molecule has 24 heavy (non-hydrogen) atoms. The van der Waals surface area contributed by atoms with Gasteiger partial charge in [0.25, 0.3) is 0 Å². The third-order valence-corrected chi connectivity index (χ3v) is 5.17. The zero-order chi connectivity index (χ0) is 16.8. The van der Waals surface area contributed by atoms with Crippen molar-refractivity contribution in [1.82, 2.24) is 9.88 Å². The zero-order valence-electron chi connectivity index (χ0n) is 13.1. The smallest absolute Gasteiger partial charge is 0.338 e. The molecule has 5 nitrogen and oxygen atoms in total. The number of aromatic nitrogens is 1. The van der Waals surface area contributed by atoms with Crippen LogP contribution in [0.3, 0.4) is 0 Å². The van der Waals surface area contributed by atoms with Crippen LogP contribution >= 0.6 is 12.2 Å². The number of nitrogens with one attached hydrogen (secondary N) is 1. The fourth-order valence-corrected chi connectivity index (χ4v) is 3.62. The van der Waals surface area contributed by atoms with Crippen molar-refractivity contribution in [3.8, 4) is 0 Å². The van der Waals surface area contributed by atoms with Crippen molar-refractivity contribution in [1.29, 1.82) is 0 Å². The van der Waals surface area contributed by atoms with Crippen LogP contribution < -0.4 is 10.2 Å². The molecule has 0 atom stereocenters. The summed E-state index contributed by atoms with van der Waals surface area (Å²) in [5.41, 5.74) is 1.46. The van der Waals surface area contributed by atoms with Crippen LogP contribution in [0, 0.1) is 10.3 Å². The second-order valence-electron chi connectivity index (χ2n) is 6.37. The number of nitrogens with zero attached hydrogens (tertiary/aromatic N) is 2. The number of carboxylic acid groups (broad SMARTS) is 1.